The number of nitrogens with one attached hydrogen (secondary N) is 1. The summed E-state index contributed by atoms with van der Waals surface area (Å²) >= 11 is 3.82. The zero-order chi connectivity index (χ0) is 15.2. The molecule has 1 aromatic heterocycles. The topological polar surface area (TPSA) is 49.4 Å². The number of likely N-dealkylation sites (tertiary alicyclic amines) is 1. The highest BCUT2D eigenvalue weighted by Crippen LogP contribution is 2.22. The Hall–Kier alpha value is -0.630. The smallest absolute Gasteiger partial charge is 0.254 e. The van der Waals surface area contributed by atoms with Crippen molar-refractivity contribution in [3.8, 4) is 0 Å². The molecule has 116 valence electrons. The lowest BCUT2D eigenvalue weighted by Gasteiger charge is -2.31. The monoisotopic (exact) mass is 420 g/mol. The SMILES string of the molecule is CCCCNC(=O)C1CCN(C(=O)c2csc(I)c2)CC1. The van der Waals surface area contributed by atoms with E-state index in [1.54, 1.807) is 11.3 Å². The first-order chi connectivity index (χ1) is 10.1. The van der Waals surface area contributed by atoms with Crippen molar-refractivity contribution in [3.05, 3.63) is 19.9 Å². The number of thiophene rings is 1. The fraction of sp³-hybridized carbons (Fsp3) is 0.600. The van der Waals surface area contributed by atoms with Crippen LogP contribution in [0.4, 0.5) is 0 Å². The third-order valence-electron chi connectivity index (χ3n) is 3.80. The Bertz CT molecular complexity index is 496. The summed E-state index contributed by atoms with van der Waals surface area (Å²) in [6, 6.07) is 1.93. The van der Waals surface area contributed by atoms with E-state index in [-0.39, 0.29) is 17.7 Å². The molecule has 1 aromatic rings. The van der Waals surface area contributed by atoms with Crippen molar-refractivity contribution in [3.63, 3.8) is 0 Å². The van der Waals surface area contributed by atoms with E-state index in [0.29, 0.717) is 13.1 Å². The van der Waals surface area contributed by atoms with Crippen LogP contribution in [0.3, 0.4) is 0 Å². The van der Waals surface area contributed by atoms with Crippen molar-refractivity contribution in [2.75, 3.05) is 19.6 Å². The Morgan fingerprint density at radius 1 is 1.43 bits per heavy atom. The predicted molar refractivity (Wildman–Crippen MR) is 93.6 cm³/mol. The summed E-state index contributed by atoms with van der Waals surface area (Å²) in [4.78, 5) is 26.2. The lowest BCUT2D eigenvalue weighted by molar-refractivity contribution is -0.126. The molecule has 4 nitrogen and oxygen atoms in total. The molecule has 0 aromatic carbocycles. The largest absolute Gasteiger partial charge is 0.356 e. The Morgan fingerprint density at radius 2 is 2.14 bits per heavy atom. The molecule has 0 saturated carbocycles. The van der Waals surface area contributed by atoms with Gasteiger partial charge in [-0.15, -0.1) is 11.3 Å². The second-order valence-corrected chi connectivity index (χ2v) is 8.16. The summed E-state index contributed by atoms with van der Waals surface area (Å²) in [5, 5.41) is 4.90. The van der Waals surface area contributed by atoms with Crippen LogP contribution in [0.15, 0.2) is 11.4 Å². The molecule has 1 saturated heterocycles. The molecule has 2 heterocycles. The maximum absolute atomic E-state index is 12.3. The van der Waals surface area contributed by atoms with E-state index < -0.39 is 0 Å². The Labute approximate surface area is 143 Å². The maximum atomic E-state index is 12.3. The Morgan fingerprint density at radius 3 is 2.71 bits per heavy atom. The van der Waals surface area contributed by atoms with Crippen LogP contribution < -0.4 is 5.32 Å². The van der Waals surface area contributed by atoms with Gasteiger partial charge in [-0.25, -0.2) is 0 Å². The maximum Gasteiger partial charge on any atom is 0.254 e. The zero-order valence-electron chi connectivity index (χ0n) is 12.2. The minimum absolute atomic E-state index is 0.0634. The molecule has 1 aliphatic heterocycles. The van der Waals surface area contributed by atoms with Gasteiger partial charge in [-0.05, 0) is 47.9 Å². The first-order valence-corrected chi connectivity index (χ1v) is 9.38. The number of amides is 2. The predicted octanol–water partition coefficient (Wildman–Crippen LogP) is 3.12. The van der Waals surface area contributed by atoms with Crippen LogP contribution in [0.2, 0.25) is 0 Å². The lowest BCUT2D eigenvalue weighted by atomic mass is 9.95. The zero-order valence-corrected chi connectivity index (χ0v) is 15.2. The van der Waals surface area contributed by atoms with Crippen LogP contribution in [0.5, 0.6) is 0 Å². The second kappa shape index (κ2) is 8.12. The van der Waals surface area contributed by atoms with Crippen LogP contribution in [0.25, 0.3) is 0 Å². The van der Waals surface area contributed by atoms with Crippen LogP contribution in [0, 0.1) is 8.80 Å². The third-order valence-corrected chi connectivity index (χ3v) is 5.59. The van der Waals surface area contributed by atoms with Gasteiger partial charge in [0.2, 0.25) is 5.91 Å². The molecule has 0 bridgehead atoms. The Balaban J connectivity index is 1.80. The summed E-state index contributed by atoms with van der Waals surface area (Å²) in [5.41, 5.74) is 0.773. The molecule has 0 atom stereocenters. The standard InChI is InChI=1S/C15H21IN2O2S/c1-2-3-6-17-14(19)11-4-7-18(8-5-11)15(20)12-9-13(16)21-10-12/h9-11H,2-8H2,1H3,(H,17,19). The highest BCUT2D eigenvalue weighted by atomic mass is 127. The molecule has 2 rings (SSSR count). The fourth-order valence-electron chi connectivity index (χ4n) is 2.48. The van der Waals surface area contributed by atoms with Crippen molar-refractivity contribution in [2.24, 2.45) is 5.92 Å². The molecule has 0 unspecified atom stereocenters. The number of carbonyl (C=O) groups excluding carboxylic acids is 2. The van der Waals surface area contributed by atoms with Gasteiger partial charge in [-0.3, -0.25) is 9.59 Å². The fourth-order valence-corrected chi connectivity index (χ4v) is 3.80. The molecule has 0 spiro atoms. The molecule has 0 radical (unpaired) electrons. The molecule has 0 aliphatic carbocycles. The van der Waals surface area contributed by atoms with E-state index in [4.69, 9.17) is 0 Å². The van der Waals surface area contributed by atoms with Gasteiger partial charge >= 0.3 is 0 Å². The van der Waals surface area contributed by atoms with Crippen LogP contribution in [-0.2, 0) is 4.79 Å². The molecule has 2 amide bonds. The number of piperidine rings is 1. The number of halogens is 1. The lowest BCUT2D eigenvalue weighted by Crippen LogP contribution is -2.43. The number of nitrogens with zero attached hydrogens (tertiary/aromatic N) is 1. The molecule has 1 aliphatic rings. The summed E-state index contributed by atoms with van der Waals surface area (Å²) in [6.45, 7) is 4.23. The van der Waals surface area contributed by atoms with E-state index in [9.17, 15) is 9.59 Å². The van der Waals surface area contributed by atoms with Crippen LogP contribution in [-0.4, -0.2) is 36.3 Å². The summed E-state index contributed by atoms with van der Waals surface area (Å²) in [6.07, 6.45) is 3.66. The van der Waals surface area contributed by atoms with E-state index in [0.717, 1.165) is 40.7 Å². The van der Waals surface area contributed by atoms with Crippen LogP contribution in [0.1, 0.15) is 43.0 Å². The van der Waals surface area contributed by atoms with Crippen molar-refractivity contribution in [1.82, 2.24) is 10.2 Å². The number of carbonyl (C=O) groups is 2. The summed E-state index contributed by atoms with van der Waals surface area (Å²) in [5.74, 6) is 0.313. The minimum Gasteiger partial charge on any atom is -0.356 e. The number of hydrogen-bond acceptors (Lipinski definition) is 3. The molecule has 21 heavy (non-hydrogen) atoms. The van der Waals surface area contributed by atoms with Gasteiger partial charge < -0.3 is 10.2 Å². The van der Waals surface area contributed by atoms with E-state index in [2.05, 4.69) is 34.8 Å². The average Bonchev–Trinajstić information content (AvgIpc) is 2.93. The number of rotatable bonds is 5. The Kier molecular flexibility index (Phi) is 6.47. The number of hydrogen-bond donors (Lipinski definition) is 1. The van der Waals surface area contributed by atoms with Crippen molar-refractivity contribution in [2.45, 2.75) is 32.6 Å². The van der Waals surface area contributed by atoms with E-state index >= 15 is 0 Å². The molecule has 6 heteroatoms. The van der Waals surface area contributed by atoms with Crippen molar-refractivity contribution >= 4 is 45.7 Å². The average molecular weight is 420 g/mol. The molecule has 1 N–H and O–H groups in total. The van der Waals surface area contributed by atoms with Gasteiger partial charge in [0, 0.05) is 30.9 Å². The normalized spacial score (nSPS) is 16.0. The second-order valence-electron chi connectivity index (χ2n) is 5.35. The van der Waals surface area contributed by atoms with Gasteiger partial charge in [0.1, 0.15) is 0 Å². The molecule has 1 fully saturated rings. The quantitative estimate of drug-likeness (QED) is 0.588. The highest BCUT2D eigenvalue weighted by Gasteiger charge is 2.27. The number of unbranched alkanes of at least 4 members (excludes halogenated alkanes) is 1. The third kappa shape index (κ3) is 4.67. The van der Waals surface area contributed by atoms with Gasteiger partial charge in [0.15, 0.2) is 0 Å². The van der Waals surface area contributed by atoms with Gasteiger partial charge in [-0.1, -0.05) is 13.3 Å². The van der Waals surface area contributed by atoms with E-state index in [1.807, 2.05) is 16.3 Å². The highest BCUT2D eigenvalue weighted by molar-refractivity contribution is 14.1. The molecular weight excluding hydrogens is 399 g/mol. The van der Waals surface area contributed by atoms with Crippen molar-refractivity contribution in [1.29, 1.82) is 0 Å². The van der Waals surface area contributed by atoms with Crippen molar-refractivity contribution < 1.29 is 9.59 Å². The first-order valence-electron chi connectivity index (χ1n) is 7.42. The van der Waals surface area contributed by atoms with E-state index in [1.165, 1.54) is 0 Å². The minimum atomic E-state index is 0.0634. The van der Waals surface area contributed by atoms with Gasteiger partial charge in [0.25, 0.3) is 5.91 Å². The molecular formula is C15H21IN2O2S. The summed E-state index contributed by atoms with van der Waals surface area (Å²) < 4.78 is 1.13. The van der Waals surface area contributed by atoms with Gasteiger partial charge in [-0.2, -0.15) is 0 Å². The summed E-state index contributed by atoms with van der Waals surface area (Å²) in [7, 11) is 0. The van der Waals surface area contributed by atoms with Crippen LogP contribution >= 0.6 is 33.9 Å². The van der Waals surface area contributed by atoms with Gasteiger partial charge in [0.05, 0.1) is 8.45 Å². The first kappa shape index (κ1) is 16.7.